The fourth-order valence-electron chi connectivity index (χ4n) is 5.63. The second-order valence-corrected chi connectivity index (χ2v) is 12.5. The van der Waals surface area contributed by atoms with Gasteiger partial charge in [-0.3, -0.25) is 4.79 Å². The minimum Gasteiger partial charge on any atom is -0.512 e. The topological polar surface area (TPSA) is 50.2 Å². The molecule has 3 aromatic carbocycles. The molecular formula is C41H46IrNO2S-. The van der Waals surface area contributed by atoms with Crippen LogP contribution < -0.4 is 0 Å². The summed E-state index contributed by atoms with van der Waals surface area (Å²) >= 11 is 1.64. The van der Waals surface area contributed by atoms with Crippen LogP contribution in [0, 0.1) is 38.7 Å². The zero-order valence-electron chi connectivity index (χ0n) is 30.9. The van der Waals surface area contributed by atoms with Crippen LogP contribution in [0.5, 0.6) is 0 Å². The summed E-state index contributed by atoms with van der Waals surface area (Å²) in [6, 6.07) is 24.5. The van der Waals surface area contributed by atoms with Crippen LogP contribution in [0.3, 0.4) is 0 Å². The molecule has 0 fully saturated rings. The molecule has 2 aromatic heterocycles. The van der Waals surface area contributed by atoms with E-state index >= 15 is 0 Å². The van der Waals surface area contributed by atoms with Gasteiger partial charge in [-0.2, -0.15) is 0 Å². The molecule has 0 saturated heterocycles. The largest absolute Gasteiger partial charge is 0.512 e. The van der Waals surface area contributed by atoms with Crippen molar-refractivity contribution < 1.29 is 34.1 Å². The van der Waals surface area contributed by atoms with Crippen molar-refractivity contribution in [2.45, 2.75) is 74.1 Å². The Bertz CT molecular complexity index is 1910. The van der Waals surface area contributed by atoms with Gasteiger partial charge in [0.2, 0.25) is 0 Å². The van der Waals surface area contributed by atoms with Gasteiger partial charge < -0.3 is 10.1 Å². The van der Waals surface area contributed by atoms with Gasteiger partial charge in [0.05, 0.1) is 7.13 Å². The van der Waals surface area contributed by atoms with Gasteiger partial charge in [0, 0.05) is 59.5 Å². The zero-order valence-corrected chi connectivity index (χ0v) is 31.1. The van der Waals surface area contributed by atoms with Gasteiger partial charge in [-0.05, 0) is 69.1 Å². The number of rotatable bonds is 10. The molecule has 243 valence electrons. The van der Waals surface area contributed by atoms with E-state index < -0.39 is 0 Å². The molecule has 5 aromatic rings. The molecule has 0 aliphatic heterocycles. The van der Waals surface area contributed by atoms with Gasteiger partial charge in [0.25, 0.3) is 0 Å². The summed E-state index contributed by atoms with van der Waals surface area (Å²) in [6.07, 6.45) is 5.08. The minimum absolute atomic E-state index is 0. The number of carbonyl (C=O) groups excluding carboxylic acids is 1. The van der Waals surface area contributed by atoms with Crippen molar-refractivity contribution in [2.75, 3.05) is 0 Å². The van der Waals surface area contributed by atoms with Crippen molar-refractivity contribution in [1.29, 1.82) is 0 Å². The van der Waals surface area contributed by atoms with Gasteiger partial charge >= 0.3 is 0 Å². The first kappa shape index (κ1) is 32.6. The minimum atomic E-state index is 0. The summed E-state index contributed by atoms with van der Waals surface area (Å²) in [6.45, 7) is 13.8. The van der Waals surface area contributed by atoms with Crippen molar-refractivity contribution in [3.8, 4) is 32.8 Å². The smallest absolute Gasteiger partial charge is 0.162 e. The second-order valence-electron chi connectivity index (χ2n) is 11.5. The Labute approximate surface area is 297 Å². The Hall–Kier alpha value is -3.37. The van der Waals surface area contributed by atoms with Crippen LogP contribution in [0.15, 0.2) is 90.8 Å². The normalized spacial score (nSPS) is 12.3. The third kappa shape index (κ3) is 8.91. The Morgan fingerprint density at radius 3 is 2.07 bits per heavy atom. The number of ketones is 1. The summed E-state index contributed by atoms with van der Waals surface area (Å²) in [5, 5.41) is 10.7. The number of fused-ring (bicyclic) bond motifs is 1. The number of hydrogen-bond donors (Lipinski definition) is 1. The van der Waals surface area contributed by atoms with E-state index in [-0.39, 0.29) is 55.7 Å². The summed E-state index contributed by atoms with van der Waals surface area (Å²) in [5.74, 6) is 0.547. The van der Waals surface area contributed by atoms with Gasteiger partial charge in [0.1, 0.15) is 0 Å². The summed E-state index contributed by atoms with van der Waals surface area (Å²) in [4.78, 5) is 17.4. The molecule has 0 atom stereocenters. The molecule has 0 unspecified atom stereocenters. The number of aromatic nitrogens is 1. The molecule has 2 heterocycles. The molecule has 5 rings (SSSR count). The maximum atomic E-state index is 11.7. The molecule has 0 amide bonds. The molecule has 5 heteroatoms. The number of carbonyl (C=O) groups is 1. The first-order valence-corrected chi connectivity index (χ1v) is 16.8. The summed E-state index contributed by atoms with van der Waals surface area (Å²) in [7, 11) is 0. The van der Waals surface area contributed by atoms with Crippen molar-refractivity contribution in [1.82, 2.24) is 4.98 Å². The third-order valence-electron chi connectivity index (χ3n) is 8.37. The molecule has 3 nitrogen and oxygen atoms in total. The van der Waals surface area contributed by atoms with E-state index in [0.717, 1.165) is 51.8 Å². The number of thiophene rings is 1. The SMILES string of the molecule is CCC(CC)C(=O)/C=C(\O)C(CC)CC.[2H]c1cc2c(C)c(-c3ccc(-c4ccccc4)cc3)sc2c(-c2[c-]c(C)c([2H])c(C)c2[2H])n1.[Ir]. The van der Waals surface area contributed by atoms with E-state index in [1.807, 2.05) is 52.8 Å². The average molecular weight is 812 g/mol. The van der Waals surface area contributed by atoms with E-state index in [9.17, 15) is 9.90 Å². The van der Waals surface area contributed by atoms with Crippen molar-refractivity contribution in [2.24, 2.45) is 11.8 Å². The molecule has 1 N–H and O–H groups in total. The van der Waals surface area contributed by atoms with Crippen LogP contribution in [-0.4, -0.2) is 15.9 Å². The van der Waals surface area contributed by atoms with Crippen LogP contribution >= 0.6 is 11.3 Å². The fourth-order valence-corrected chi connectivity index (χ4v) is 6.91. The van der Waals surface area contributed by atoms with Crippen molar-refractivity contribution in [3.63, 3.8) is 0 Å². The average Bonchev–Trinajstić information content (AvgIpc) is 3.42. The molecular weight excluding hydrogens is 763 g/mol. The number of aliphatic hydroxyl groups is 1. The molecule has 46 heavy (non-hydrogen) atoms. The Kier molecular flexibility index (Phi) is 12.4. The summed E-state index contributed by atoms with van der Waals surface area (Å²) in [5.41, 5.74) is 7.05. The van der Waals surface area contributed by atoms with E-state index in [1.165, 1.54) is 17.2 Å². The predicted octanol–water partition coefficient (Wildman–Crippen LogP) is 11.9. The van der Waals surface area contributed by atoms with Gasteiger partial charge in [-0.25, -0.2) is 0 Å². The summed E-state index contributed by atoms with van der Waals surface area (Å²) < 4.78 is 26.0. The number of aryl methyl sites for hydroxylation is 2. The predicted molar refractivity (Wildman–Crippen MR) is 193 cm³/mol. The maximum absolute atomic E-state index is 11.7. The van der Waals surface area contributed by atoms with Gasteiger partial charge in [-0.15, -0.1) is 46.2 Å². The van der Waals surface area contributed by atoms with Crippen LogP contribution in [0.25, 0.3) is 42.9 Å². The third-order valence-corrected chi connectivity index (χ3v) is 9.73. The van der Waals surface area contributed by atoms with Gasteiger partial charge in [-0.1, -0.05) is 96.1 Å². The van der Waals surface area contributed by atoms with E-state index in [0.29, 0.717) is 28.4 Å². The number of pyridine rings is 1. The molecule has 1 radical (unpaired) electrons. The molecule has 0 saturated carbocycles. The Morgan fingerprint density at radius 2 is 1.46 bits per heavy atom. The molecule has 0 bridgehead atoms. The van der Waals surface area contributed by atoms with E-state index in [2.05, 4.69) is 54.4 Å². The van der Waals surface area contributed by atoms with Crippen molar-refractivity contribution in [3.05, 3.63) is 114 Å². The second kappa shape index (κ2) is 17.5. The van der Waals surface area contributed by atoms with E-state index in [1.54, 1.807) is 24.3 Å². The van der Waals surface area contributed by atoms with Crippen LogP contribution in [0.1, 0.15) is 74.2 Å². The monoisotopic (exact) mass is 812 g/mol. The quantitative estimate of drug-likeness (QED) is 0.0868. The number of allylic oxidation sites excluding steroid dienone is 2. The Morgan fingerprint density at radius 1 is 0.870 bits per heavy atom. The molecule has 0 spiro atoms. The van der Waals surface area contributed by atoms with Crippen molar-refractivity contribution >= 4 is 27.2 Å². The van der Waals surface area contributed by atoms with Crippen LogP contribution in [0.2, 0.25) is 0 Å². The van der Waals surface area contributed by atoms with Crippen LogP contribution in [-0.2, 0) is 24.9 Å². The maximum Gasteiger partial charge on any atom is 0.162 e. The number of nitrogens with zero attached hydrogens (tertiary/aromatic N) is 1. The number of hydrogen-bond acceptors (Lipinski definition) is 4. The number of aliphatic hydroxyl groups excluding tert-OH is 1. The fraction of sp³-hybridized carbons (Fsp3) is 0.317. The first-order chi connectivity index (χ1) is 22.9. The first-order valence-electron chi connectivity index (χ1n) is 17.5. The zero-order chi connectivity index (χ0) is 35.1. The van der Waals surface area contributed by atoms with Crippen LogP contribution in [0.4, 0.5) is 0 Å². The van der Waals surface area contributed by atoms with E-state index in [4.69, 9.17) is 4.11 Å². The standard InChI is InChI=1S/C28H22NS.C13H24O2.Ir/c1-18-15-19(2)17-24(16-18)26-28-25(13-14-29-26)20(3)27(30-28)23-11-9-22(10-12-23)21-7-5-4-6-8-21;1-5-10(6-2)12(14)9-13(15)11(7-3)8-4;/h4-16H,1-3H3;9-11,14H,5-8H2,1-4H3;/q-1;;/b;12-9-;/i14D,15D,16D;;. The number of benzene rings is 3. The molecule has 0 aliphatic carbocycles. The van der Waals surface area contributed by atoms with Gasteiger partial charge in [0.15, 0.2) is 5.78 Å². The molecule has 0 aliphatic rings. The Balaban J connectivity index is 0.000000347.